The Bertz CT molecular complexity index is 1210. The van der Waals surface area contributed by atoms with Gasteiger partial charge in [-0.15, -0.1) is 11.3 Å². The smallest absolute Gasteiger partial charge is 0.348 e. The van der Waals surface area contributed by atoms with E-state index in [1.807, 2.05) is 42.5 Å². The molecule has 0 saturated heterocycles. The van der Waals surface area contributed by atoms with Gasteiger partial charge in [0, 0.05) is 10.3 Å². The van der Waals surface area contributed by atoms with Crippen molar-refractivity contribution in [2.75, 3.05) is 5.32 Å². The quantitative estimate of drug-likeness (QED) is 0.401. The molecule has 0 radical (unpaired) electrons. The van der Waals surface area contributed by atoms with Crippen LogP contribution < -0.4 is 5.32 Å². The first kappa shape index (κ1) is 19.9. The van der Waals surface area contributed by atoms with Crippen molar-refractivity contribution in [3.05, 3.63) is 76.9 Å². The Labute approximate surface area is 178 Å². The molecule has 0 aliphatic carbocycles. The highest BCUT2D eigenvalue weighted by Crippen LogP contribution is 2.36. The van der Waals surface area contributed by atoms with Gasteiger partial charge in [0.15, 0.2) is 5.76 Å². The summed E-state index contributed by atoms with van der Waals surface area (Å²) in [7, 11) is 0. The van der Waals surface area contributed by atoms with Crippen molar-refractivity contribution >= 4 is 39.9 Å². The monoisotopic (exact) mass is 419 g/mol. The minimum atomic E-state index is -1.09. The van der Waals surface area contributed by atoms with Crippen molar-refractivity contribution < 1.29 is 19.1 Å². The van der Waals surface area contributed by atoms with Gasteiger partial charge in [-0.1, -0.05) is 63.2 Å². The SMILES string of the molecule is CC(C)(C)c1ccc(-c2cc(NC(=O)c3cc4ccccc4o3)c(C(=O)O)s2)cc1. The number of anilines is 1. The number of amides is 1. The van der Waals surface area contributed by atoms with Crippen molar-refractivity contribution in [1.82, 2.24) is 0 Å². The maximum absolute atomic E-state index is 12.7. The lowest BCUT2D eigenvalue weighted by atomic mass is 9.86. The molecule has 6 heteroatoms. The summed E-state index contributed by atoms with van der Waals surface area (Å²) in [4.78, 5) is 25.3. The number of carboxylic acid groups (broad SMARTS) is 1. The Morgan fingerprint density at radius 1 is 1.00 bits per heavy atom. The van der Waals surface area contributed by atoms with E-state index in [-0.39, 0.29) is 21.7 Å². The third-order valence-electron chi connectivity index (χ3n) is 4.86. The maximum atomic E-state index is 12.7. The van der Waals surface area contributed by atoms with E-state index in [0.717, 1.165) is 27.2 Å². The molecule has 4 aromatic rings. The van der Waals surface area contributed by atoms with Gasteiger partial charge >= 0.3 is 5.97 Å². The molecule has 152 valence electrons. The average molecular weight is 420 g/mol. The summed E-state index contributed by atoms with van der Waals surface area (Å²) in [5.41, 5.74) is 2.99. The fraction of sp³-hybridized carbons (Fsp3) is 0.167. The summed E-state index contributed by atoms with van der Waals surface area (Å²) in [5.74, 6) is -1.44. The van der Waals surface area contributed by atoms with Crippen LogP contribution in [0.3, 0.4) is 0 Å². The molecule has 0 aliphatic rings. The van der Waals surface area contributed by atoms with E-state index in [1.165, 1.54) is 5.56 Å². The van der Waals surface area contributed by atoms with E-state index >= 15 is 0 Å². The fourth-order valence-electron chi connectivity index (χ4n) is 3.20. The largest absolute Gasteiger partial charge is 0.477 e. The topological polar surface area (TPSA) is 79.5 Å². The van der Waals surface area contributed by atoms with Gasteiger partial charge in [-0.25, -0.2) is 4.79 Å². The van der Waals surface area contributed by atoms with Crippen LogP contribution in [-0.2, 0) is 5.41 Å². The number of carbonyl (C=O) groups is 2. The number of fused-ring (bicyclic) bond motifs is 1. The minimum Gasteiger partial charge on any atom is -0.477 e. The molecule has 4 rings (SSSR count). The zero-order valence-corrected chi connectivity index (χ0v) is 17.7. The number of para-hydroxylation sites is 1. The summed E-state index contributed by atoms with van der Waals surface area (Å²) in [6, 6.07) is 18.7. The molecule has 5 nitrogen and oxygen atoms in total. The van der Waals surface area contributed by atoms with E-state index in [0.29, 0.717) is 5.58 Å². The number of furan rings is 1. The highest BCUT2D eigenvalue weighted by molar-refractivity contribution is 7.18. The average Bonchev–Trinajstić information content (AvgIpc) is 3.31. The van der Waals surface area contributed by atoms with Gasteiger partial charge in [-0.05, 0) is 34.7 Å². The van der Waals surface area contributed by atoms with E-state index in [1.54, 1.807) is 18.2 Å². The number of carboxylic acids is 1. The molecule has 0 spiro atoms. The maximum Gasteiger partial charge on any atom is 0.348 e. The van der Waals surface area contributed by atoms with Gasteiger partial charge in [0.1, 0.15) is 10.5 Å². The lowest BCUT2D eigenvalue weighted by Crippen LogP contribution is -2.12. The van der Waals surface area contributed by atoms with Crippen LogP contribution in [0.2, 0.25) is 0 Å². The number of hydrogen-bond donors (Lipinski definition) is 2. The molecule has 1 amide bonds. The Hall–Kier alpha value is -3.38. The molecule has 2 heterocycles. The standard InChI is InChI=1S/C24H21NO4S/c1-24(2,3)16-10-8-14(9-11-16)20-13-17(21(30-20)23(27)28)25-22(26)19-12-15-6-4-5-7-18(15)29-19/h4-13H,1-3H3,(H,25,26)(H,27,28). The molecule has 0 saturated carbocycles. The van der Waals surface area contributed by atoms with Gasteiger partial charge in [-0.3, -0.25) is 4.79 Å². The summed E-state index contributed by atoms with van der Waals surface area (Å²) in [6.07, 6.45) is 0. The van der Waals surface area contributed by atoms with Crippen LogP contribution in [-0.4, -0.2) is 17.0 Å². The van der Waals surface area contributed by atoms with Gasteiger partial charge in [-0.2, -0.15) is 0 Å². The molecule has 0 aliphatic heterocycles. The first-order chi connectivity index (χ1) is 14.2. The molecular formula is C24H21NO4S. The van der Waals surface area contributed by atoms with Crippen LogP contribution in [0, 0.1) is 0 Å². The molecule has 0 atom stereocenters. The lowest BCUT2D eigenvalue weighted by molar-refractivity contribution is 0.0703. The van der Waals surface area contributed by atoms with E-state index < -0.39 is 11.9 Å². The van der Waals surface area contributed by atoms with Gasteiger partial charge in [0.2, 0.25) is 0 Å². The predicted molar refractivity (Wildman–Crippen MR) is 120 cm³/mol. The van der Waals surface area contributed by atoms with Crippen LogP contribution in [0.15, 0.2) is 65.1 Å². The van der Waals surface area contributed by atoms with Gasteiger partial charge in [0.05, 0.1) is 5.69 Å². The second-order valence-electron chi connectivity index (χ2n) is 8.09. The lowest BCUT2D eigenvalue weighted by Gasteiger charge is -2.18. The summed E-state index contributed by atoms with van der Waals surface area (Å²) < 4.78 is 5.58. The Morgan fingerprint density at radius 2 is 1.70 bits per heavy atom. The Kier molecular flexibility index (Phi) is 4.95. The highest BCUT2D eigenvalue weighted by atomic mass is 32.1. The van der Waals surface area contributed by atoms with Crippen molar-refractivity contribution in [3.63, 3.8) is 0 Å². The number of nitrogens with one attached hydrogen (secondary N) is 1. The number of aromatic carboxylic acids is 1. The number of hydrogen-bond acceptors (Lipinski definition) is 4. The summed E-state index contributed by atoms with van der Waals surface area (Å²) in [5, 5.41) is 13.1. The summed E-state index contributed by atoms with van der Waals surface area (Å²) >= 11 is 1.13. The Morgan fingerprint density at radius 3 is 2.33 bits per heavy atom. The molecule has 30 heavy (non-hydrogen) atoms. The molecule has 2 aromatic heterocycles. The number of benzene rings is 2. The third-order valence-corrected chi connectivity index (χ3v) is 6.03. The highest BCUT2D eigenvalue weighted by Gasteiger charge is 2.21. The number of thiophene rings is 1. The van der Waals surface area contributed by atoms with Crippen LogP contribution in [0.25, 0.3) is 21.4 Å². The van der Waals surface area contributed by atoms with Gasteiger partial charge < -0.3 is 14.8 Å². The molecular weight excluding hydrogens is 398 g/mol. The predicted octanol–water partition coefficient (Wildman–Crippen LogP) is 6.41. The second-order valence-corrected chi connectivity index (χ2v) is 9.14. The first-order valence-corrected chi connectivity index (χ1v) is 10.3. The van der Waals surface area contributed by atoms with Crippen LogP contribution in [0.5, 0.6) is 0 Å². The van der Waals surface area contributed by atoms with Crippen molar-refractivity contribution in [1.29, 1.82) is 0 Å². The normalized spacial score (nSPS) is 11.6. The molecule has 2 N–H and O–H groups in total. The van der Waals surface area contributed by atoms with Crippen molar-refractivity contribution in [2.45, 2.75) is 26.2 Å². The zero-order chi connectivity index (χ0) is 21.5. The first-order valence-electron chi connectivity index (χ1n) is 9.50. The number of rotatable bonds is 4. The van der Waals surface area contributed by atoms with Crippen LogP contribution in [0.1, 0.15) is 46.6 Å². The number of carbonyl (C=O) groups excluding carboxylic acids is 1. The minimum absolute atomic E-state index is 0.0337. The van der Waals surface area contributed by atoms with Crippen LogP contribution >= 0.6 is 11.3 Å². The van der Waals surface area contributed by atoms with Crippen LogP contribution in [0.4, 0.5) is 5.69 Å². The fourth-order valence-corrected chi connectivity index (χ4v) is 4.16. The summed E-state index contributed by atoms with van der Waals surface area (Å²) in [6.45, 7) is 6.42. The molecule has 0 unspecified atom stereocenters. The zero-order valence-electron chi connectivity index (χ0n) is 16.9. The molecule has 2 aromatic carbocycles. The van der Waals surface area contributed by atoms with Gasteiger partial charge in [0.25, 0.3) is 5.91 Å². The third kappa shape index (κ3) is 3.86. The Balaban J connectivity index is 1.64. The second kappa shape index (κ2) is 7.46. The molecule has 0 bridgehead atoms. The van der Waals surface area contributed by atoms with E-state index in [4.69, 9.17) is 4.42 Å². The van der Waals surface area contributed by atoms with E-state index in [9.17, 15) is 14.7 Å². The van der Waals surface area contributed by atoms with E-state index in [2.05, 4.69) is 26.1 Å². The molecule has 0 fully saturated rings. The van der Waals surface area contributed by atoms with Crippen molar-refractivity contribution in [3.8, 4) is 10.4 Å². The van der Waals surface area contributed by atoms with Crippen molar-refractivity contribution in [2.24, 2.45) is 0 Å².